The molecule has 1 N–H and O–H groups in total. The van der Waals surface area contributed by atoms with Crippen LogP contribution in [-0.2, 0) is 11.3 Å². The molecule has 3 atom stereocenters. The van der Waals surface area contributed by atoms with Gasteiger partial charge in [-0.3, -0.25) is 4.90 Å². The number of ether oxygens (including phenoxy) is 1. The van der Waals surface area contributed by atoms with Gasteiger partial charge in [0, 0.05) is 36.6 Å². The Bertz CT molecular complexity index is 624. The molecular formula is C21H29FN2O. The Balaban J connectivity index is 1.15. The third-order valence-electron chi connectivity index (χ3n) is 7.33. The second-order valence-electron chi connectivity index (χ2n) is 8.66. The van der Waals surface area contributed by atoms with E-state index in [1.807, 2.05) is 12.1 Å². The van der Waals surface area contributed by atoms with E-state index >= 15 is 0 Å². The van der Waals surface area contributed by atoms with E-state index in [-0.39, 0.29) is 5.82 Å². The Hall–Kier alpha value is -0.970. The molecule has 4 heteroatoms. The van der Waals surface area contributed by atoms with E-state index in [0.717, 1.165) is 37.7 Å². The van der Waals surface area contributed by atoms with Crippen LogP contribution in [0, 0.1) is 17.2 Å². The lowest BCUT2D eigenvalue weighted by Crippen LogP contribution is -2.72. The third-order valence-corrected chi connectivity index (χ3v) is 7.33. The molecular weight excluding hydrogens is 315 g/mol. The van der Waals surface area contributed by atoms with E-state index in [4.69, 9.17) is 4.74 Å². The van der Waals surface area contributed by atoms with Gasteiger partial charge in [0.1, 0.15) is 5.82 Å². The predicted molar refractivity (Wildman–Crippen MR) is 95.8 cm³/mol. The van der Waals surface area contributed by atoms with Crippen molar-refractivity contribution in [1.29, 1.82) is 0 Å². The normalized spacial score (nSPS) is 34.5. The maximum atomic E-state index is 13.4. The summed E-state index contributed by atoms with van der Waals surface area (Å²) in [5.41, 5.74) is 1.57. The summed E-state index contributed by atoms with van der Waals surface area (Å²) in [4.78, 5) is 2.47. The highest BCUT2D eigenvalue weighted by atomic mass is 19.1. The molecule has 5 rings (SSSR count). The summed E-state index contributed by atoms with van der Waals surface area (Å²) in [5.74, 6) is 0.642. The Morgan fingerprint density at radius 2 is 2.04 bits per heavy atom. The van der Waals surface area contributed by atoms with Gasteiger partial charge in [-0.2, -0.15) is 0 Å². The molecule has 0 aromatic heterocycles. The topological polar surface area (TPSA) is 24.5 Å². The molecule has 25 heavy (non-hydrogen) atoms. The Kier molecular flexibility index (Phi) is 4.11. The van der Waals surface area contributed by atoms with Crippen LogP contribution in [0.15, 0.2) is 24.3 Å². The van der Waals surface area contributed by atoms with Crippen LogP contribution in [-0.4, -0.2) is 42.8 Å². The van der Waals surface area contributed by atoms with Crippen LogP contribution in [0.4, 0.5) is 4.39 Å². The Morgan fingerprint density at radius 3 is 2.76 bits per heavy atom. The van der Waals surface area contributed by atoms with Crippen LogP contribution in [0.2, 0.25) is 0 Å². The summed E-state index contributed by atoms with van der Waals surface area (Å²) in [7, 11) is 0. The molecule has 1 aromatic carbocycles. The second-order valence-corrected chi connectivity index (χ2v) is 8.66. The third kappa shape index (κ3) is 2.73. The molecule has 0 unspecified atom stereocenters. The predicted octanol–water partition coefficient (Wildman–Crippen LogP) is 3.34. The first-order chi connectivity index (χ1) is 12.2. The Labute approximate surface area is 149 Å². The summed E-state index contributed by atoms with van der Waals surface area (Å²) in [5, 5.41) is 4.05. The fourth-order valence-electron chi connectivity index (χ4n) is 5.90. The van der Waals surface area contributed by atoms with Crippen molar-refractivity contribution in [2.24, 2.45) is 11.3 Å². The van der Waals surface area contributed by atoms with E-state index in [2.05, 4.69) is 10.2 Å². The lowest BCUT2D eigenvalue weighted by molar-refractivity contribution is -0.179. The van der Waals surface area contributed by atoms with Gasteiger partial charge < -0.3 is 10.1 Å². The average molecular weight is 344 g/mol. The molecule has 4 fully saturated rings. The first kappa shape index (κ1) is 16.2. The second kappa shape index (κ2) is 6.33. The molecule has 2 aliphatic carbocycles. The average Bonchev–Trinajstić information content (AvgIpc) is 2.98. The standard InChI is InChI=1S/C21H29FN2O/c22-16-4-1-3-15(13-16)14-24-10-5-17(6-11-24)23-19-18-7-12-25-20(18)21(19)8-2-9-21/h1,3-4,13,17-20,23H,2,5-12,14H2/t18-,19-,20+/m1/s1. The largest absolute Gasteiger partial charge is 0.377 e. The van der Waals surface area contributed by atoms with Crippen molar-refractivity contribution in [2.45, 2.75) is 63.3 Å². The van der Waals surface area contributed by atoms with E-state index in [0.29, 0.717) is 23.6 Å². The van der Waals surface area contributed by atoms with E-state index in [1.54, 1.807) is 6.07 Å². The summed E-state index contributed by atoms with van der Waals surface area (Å²) in [6, 6.07) is 8.38. The fourth-order valence-corrected chi connectivity index (χ4v) is 5.90. The lowest BCUT2D eigenvalue weighted by atomic mass is 9.46. The van der Waals surface area contributed by atoms with Crippen molar-refractivity contribution < 1.29 is 9.13 Å². The van der Waals surface area contributed by atoms with Crippen molar-refractivity contribution >= 4 is 0 Å². The smallest absolute Gasteiger partial charge is 0.123 e. The zero-order valence-electron chi connectivity index (χ0n) is 14.9. The molecule has 0 amide bonds. The summed E-state index contributed by atoms with van der Waals surface area (Å²) < 4.78 is 19.4. The summed E-state index contributed by atoms with van der Waals surface area (Å²) >= 11 is 0. The van der Waals surface area contributed by atoms with E-state index in [1.165, 1.54) is 44.6 Å². The number of halogens is 1. The summed E-state index contributed by atoms with van der Waals surface area (Å²) in [6.07, 6.45) is 8.35. The van der Waals surface area contributed by atoms with Crippen LogP contribution < -0.4 is 5.32 Å². The molecule has 2 aliphatic heterocycles. The van der Waals surface area contributed by atoms with Gasteiger partial charge in [-0.05, 0) is 62.9 Å². The van der Waals surface area contributed by atoms with Crippen LogP contribution in [0.25, 0.3) is 0 Å². The Morgan fingerprint density at radius 1 is 1.20 bits per heavy atom. The number of benzene rings is 1. The molecule has 2 saturated carbocycles. The van der Waals surface area contributed by atoms with Crippen LogP contribution in [0.1, 0.15) is 44.1 Å². The summed E-state index contributed by atoms with van der Waals surface area (Å²) in [6.45, 7) is 4.06. The van der Waals surface area contributed by atoms with Gasteiger partial charge in [0.25, 0.3) is 0 Å². The minimum absolute atomic E-state index is 0.127. The molecule has 1 spiro atoms. The van der Waals surface area contributed by atoms with Gasteiger partial charge in [-0.15, -0.1) is 0 Å². The number of likely N-dealkylation sites (tertiary alicyclic amines) is 1. The fraction of sp³-hybridized carbons (Fsp3) is 0.714. The van der Waals surface area contributed by atoms with Crippen molar-refractivity contribution in [3.05, 3.63) is 35.6 Å². The van der Waals surface area contributed by atoms with Crippen molar-refractivity contribution in [3.63, 3.8) is 0 Å². The minimum Gasteiger partial charge on any atom is -0.377 e. The number of rotatable bonds is 4. The van der Waals surface area contributed by atoms with Crippen LogP contribution in [0.3, 0.4) is 0 Å². The molecule has 0 bridgehead atoms. The molecule has 136 valence electrons. The number of nitrogens with zero attached hydrogens (tertiary/aromatic N) is 1. The van der Waals surface area contributed by atoms with Gasteiger partial charge >= 0.3 is 0 Å². The molecule has 2 heterocycles. The highest BCUT2D eigenvalue weighted by Crippen LogP contribution is 2.62. The first-order valence-corrected chi connectivity index (χ1v) is 10.1. The molecule has 4 aliphatic rings. The van der Waals surface area contributed by atoms with E-state index < -0.39 is 0 Å². The highest BCUT2D eigenvalue weighted by Gasteiger charge is 2.66. The number of nitrogens with one attached hydrogen (secondary N) is 1. The molecule has 3 nitrogen and oxygen atoms in total. The van der Waals surface area contributed by atoms with Gasteiger partial charge in [-0.1, -0.05) is 18.6 Å². The quantitative estimate of drug-likeness (QED) is 0.907. The number of hydrogen-bond donors (Lipinski definition) is 1. The van der Waals surface area contributed by atoms with E-state index in [9.17, 15) is 4.39 Å². The molecule has 1 aromatic rings. The van der Waals surface area contributed by atoms with Gasteiger partial charge in [0.2, 0.25) is 0 Å². The van der Waals surface area contributed by atoms with Crippen molar-refractivity contribution in [2.75, 3.05) is 19.7 Å². The zero-order valence-corrected chi connectivity index (χ0v) is 14.9. The number of fused-ring (bicyclic) bond motifs is 2. The monoisotopic (exact) mass is 344 g/mol. The maximum absolute atomic E-state index is 13.4. The van der Waals surface area contributed by atoms with Gasteiger partial charge in [0.05, 0.1) is 6.10 Å². The highest BCUT2D eigenvalue weighted by molar-refractivity contribution is 5.19. The molecule has 0 radical (unpaired) electrons. The van der Waals surface area contributed by atoms with Crippen LogP contribution in [0.5, 0.6) is 0 Å². The maximum Gasteiger partial charge on any atom is 0.123 e. The van der Waals surface area contributed by atoms with Crippen molar-refractivity contribution in [1.82, 2.24) is 10.2 Å². The van der Waals surface area contributed by atoms with Gasteiger partial charge in [-0.25, -0.2) is 4.39 Å². The lowest BCUT2D eigenvalue weighted by Gasteiger charge is -2.64. The van der Waals surface area contributed by atoms with Gasteiger partial charge in [0.15, 0.2) is 0 Å². The zero-order chi connectivity index (χ0) is 16.9. The van der Waals surface area contributed by atoms with Crippen LogP contribution >= 0.6 is 0 Å². The number of piperidine rings is 1. The minimum atomic E-state index is -0.127. The molecule has 2 saturated heterocycles. The SMILES string of the molecule is Fc1cccc(CN2CCC(N[C@@H]3[C@H]4CCO[C@@H]4C34CCC4)CC2)c1. The first-order valence-electron chi connectivity index (χ1n) is 10.1. The number of hydrogen-bond acceptors (Lipinski definition) is 3. The van der Waals surface area contributed by atoms with Crippen molar-refractivity contribution in [3.8, 4) is 0 Å².